The molecule has 0 spiro atoms. The van der Waals surface area contributed by atoms with Gasteiger partial charge in [-0.2, -0.15) is 0 Å². The Labute approximate surface area is 124 Å². The normalized spacial score (nSPS) is 17.2. The van der Waals surface area contributed by atoms with Gasteiger partial charge in [0.1, 0.15) is 0 Å². The van der Waals surface area contributed by atoms with Crippen LogP contribution in [-0.2, 0) is 4.74 Å². The van der Waals surface area contributed by atoms with E-state index in [-0.39, 0.29) is 24.2 Å². The molecular weight excluding hydrogens is 254 g/mol. The second-order valence-corrected chi connectivity index (χ2v) is 7.27. The second kappa shape index (κ2) is 9.72. The molecule has 0 aliphatic carbocycles. The molecule has 3 atom stereocenters. The van der Waals surface area contributed by atoms with Crippen LogP contribution in [0.3, 0.4) is 0 Å². The zero-order chi connectivity index (χ0) is 15.8. The Bertz CT molecular complexity index is 238. The maximum Gasteiger partial charge on any atom is 0.0897 e. The van der Waals surface area contributed by atoms with Gasteiger partial charge < -0.3 is 20.3 Å². The highest BCUT2D eigenvalue weighted by Gasteiger charge is 2.24. The van der Waals surface area contributed by atoms with Crippen LogP contribution in [0.15, 0.2) is 0 Å². The van der Waals surface area contributed by atoms with E-state index in [1.54, 1.807) is 0 Å². The van der Waals surface area contributed by atoms with Gasteiger partial charge in [-0.15, -0.1) is 0 Å². The number of nitrogens with one attached hydrogen (secondary N) is 1. The lowest BCUT2D eigenvalue weighted by Gasteiger charge is -2.32. The maximum absolute atomic E-state index is 9.97. The predicted molar refractivity (Wildman–Crippen MR) is 83.8 cm³/mol. The van der Waals surface area contributed by atoms with Crippen LogP contribution in [0.25, 0.3) is 0 Å². The third-order valence-corrected chi connectivity index (χ3v) is 3.44. The van der Waals surface area contributed by atoms with E-state index in [1.165, 1.54) is 0 Å². The SMILES string of the molecule is CC(C)CC(C)OCC(O)CNC(CCO)C(C)(C)C. The van der Waals surface area contributed by atoms with Crippen molar-refractivity contribution in [3.05, 3.63) is 0 Å². The summed E-state index contributed by atoms with van der Waals surface area (Å²) in [6, 6.07) is 0.190. The van der Waals surface area contributed by atoms with Crippen molar-refractivity contribution in [1.29, 1.82) is 0 Å². The smallest absolute Gasteiger partial charge is 0.0897 e. The van der Waals surface area contributed by atoms with Gasteiger partial charge in [-0.1, -0.05) is 34.6 Å². The van der Waals surface area contributed by atoms with E-state index >= 15 is 0 Å². The standard InChI is InChI=1S/C16H35NO3/c1-12(2)9-13(3)20-11-14(19)10-17-15(7-8-18)16(4,5)6/h12-15,17-19H,7-11H2,1-6H3. The van der Waals surface area contributed by atoms with Crippen LogP contribution in [0.1, 0.15) is 54.4 Å². The predicted octanol–water partition coefficient (Wildman–Crippen LogP) is 2.19. The first-order valence-electron chi connectivity index (χ1n) is 7.80. The zero-order valence-corrected chi connectivity index (χ0v) is 14.1. The van der Waals surface area contributed by atoms with Crippen molar-refractivity contribution in [3.63, 3.8) is 0 Å². The first kappa shape index (κ1) is 19.8. The van der Waals surface area contributed by atoms with Crippen molar-refractivity contribution >= 4 is 0 Å². The molecule has 0 heterocycles. The molecule has 0 saturated heterocycles. The lowest BCUT2D eigenvalue weighted by atomic mass is 9.85. The average Bonchev–Trinajstić information content (AvgIpc) is 2.29. The van der Waals surface area contributed by atoms with E-state index < -0.39 is 6.10 Å². The molecule has 20 heavy (non-hydrogen) atoms. The highest BCUT2D eigenvalue weighted by Crippen LogP contribution is 2.21. The summed E-state index contributed by atoms with van der Waals surface area (Å²) in [5, 5.41) is 22.4. The van der Waals surface area contributed by atoms with Crippen molar-refractivity contribution in [3.8, 4) is 0 Å². The van der Waals surface area contributed by atoms with Crippen LogP contribution in [0, 0.1) is 11.3 Å². The molecule has 0 saturated carbocycles. The molecule has 0 bridgehead atoms. The first-order valence-corrected chi connectivity index (χ1v) is 7.80. The van der Waals surface area contributed by atoms with Gasteiger partial charge in [-0.05, 0) is 31.1 Å². The number of hydrogen-bond acceptors (Lipinski definition) is 4. The third kappa shape index (κ3) is 9.70. The van der Waals surface area contributed by atoms with Gasteiger partial charge in [0.2, 0.25) is 0 Å². The fourth-order valence-corrected chi connectivity index (χ4v) is 2.31. The van der Waals surface area contributed by atoms with Gasteiger partial charge in [0.05, 0.1) is 18.8 Å². The minimum atomic E-state index is -0.506. The Balaban J connectivity index is 3.98. The lowest BCUT2D eigenvalue weighted by molar-refractivity contribution is -0.0108. The van der Waals surface area contributed by atoms with Crippen LogP contribution >= 0.6 is 0 Å². The molecule has 0 aromatic carbocycles. The number of hydrogen-bond donors (Lipinski definition) is 3. The summed E-state index contributed by atoms with van der Waals surface area (Å²) in [6.45, 7) is 13.8. The minimum absolute atomic E-state index is 0.0637. The van der Waals surface area contributed by atoms with Gasteiger partial charge in [0.15, 0.2) is 0 Å². The molecule has 4 nitrogen and oxygen atoms in total. The molecule has 4 heteroatoms. The molecule has 3 N–H and O–H groups in total. The molecule has 0 fully saturated rings. The van der Waals surface area contributed by atoms with Crippen LogP contribution in [0.2, 0.25) is 0 Å². The van der Waals surface area contributed by atoms with Crippen molar-refractivity contribution in [2.24, 2.45) is 11.3 Å². The van der Waals surface area contributed by atoms with E-state index in [4.69, 9.17) is 9.84 Å². The Morgan fingerprint density at radius 2 is 1.75 bits per heavy atom. The van der Waals surface area contributed by atoms with E-state index in [9.17, 15) is 5.11 Å². The fraction of sp³-hybridized carbons (Fsp3) is 1.00. The van der Waals surface area contributed by atoms with E-state index in [2.05, 4.69) is 39.9 Å². The molecular formula is C16H35NO3. The summed E-state index contributed by atoms with van der Waals surface area (Å²) in [4.78, 5) is 0. The van der Waals surface area contributed by atoms with Crippen molar-refractivity contribution in [1.82, 2.24) is 5.32 Å². The fourth-order valence-electron chi connectivity index (χ4n) is 2.31. The van der Waals surface area contributed by atoms with Crippen molar-refractivity contribution < 1.29 is 14.9 Å². The number of ether oxygens (including phenoxy) is 1. The summed E-state index contributed by atoms with van der Waals surface area (Å²) in [5.41, 5.74) is 0.0637. The minimum Gasteiger partial charge on any atom is -0.396 e. The van der Waals surface area contributed by atoms with Gasteiger partial charge in [-0.3, -0.25) is 0 Å². The van der Waals surface area contributed by atoms with Crippen molar-refractivity contribution in [2.45, 2.75) is 72.6 Å². The molecule has 0 rings (SSSR count). The Kier molecular flexibility index (Phi) is 9.64. The third-order valence-electron chi connectivity index (χ3n) is 3.44. The molecule has 0 aliphatic heterocycles. The van der Waals surface area contributed by atoms with E-state index in [0.29, 0.717) is 25.5 Å². The highest BCUT2D eigenvalue weighted by atomic mass is 16.5. The van der Waals surface area contributed by atoms with Crippen LogP contribution in [0.5, 0.6) is 0 Å². The number of aliphatic hydroxyl groups is 2. The molecule has 122 valence electrons. The summed E-state index contributed by atoms with van der Waals surface area (Å²) >= 11 is 0. The van der Waals surface area contributed by atoms with Crippen LogP contribution in [-0.4, -0.2) is 48.2 Å². The van der Waals surface area contributed by atoms with E-state index in [0.717, 1.165) is 6.42 Å². The molecule has 0 aromatic rings. The number of aliphatic hydroxyl groups excluding tert-OH is 2. The van der Waals surface area contributed by atoms with Gasteiger partial charge in [0, 0.05) is 19.2 Å². The molecule has 0 amide bonds. The quantitative estimate of drug-likeness (QED) is 0.577. The summed E-state index contributed by atoms with van der Waals surface area (Å²) in [6.07, 6.45) is 1.38. The van der Waals surface area contributed by atoms with Crippen LogP contribution in [0.4, 0.5) is 0 Å². The second-order valence-electron chi connectivity index (χ2n) is 7.27. The van der Waals surface area contributed by atoms with Crippen molar-refractivity contribution in [2.75, 3.05) is 19.8 Å². The average molecular weight is 289 g/mol. The highest BCUT2D eigenvalue weighted by molar-refractivity contribution is 4.81. The molecule has 0 aliphatic rings. The van der Waals surface area contributed by atoms with Gasteiger partial charge in [-0.25, -0.2) is 0 Å². The molecule has 0 radical (unpaired) electrons. The topological polar surface area (TPSA) is 61.7 Å². The van der Waals surface area contributed by atoms with E-state index in [1.807, 2.05) is 6.92 Å². The first-order chi connectivity index (χ1) is 9.16. The Morgan fingerprint density at radius 1 is 1.15 bits per heavy atom. The van der Waals surface area contributed by atoms with Gasteiger partial charge >= 0.3 is 0 Å². The van der Waals surface area contributed by atoms with Crippen LogP contribution < -0.4 is 5.32 Å². The summed E-state index contributed by atoms with van der Waals surface area (Å²) in [7, 11) is 0. The maximum atomic E-state index is 9.97. The Morgan fingerprint density at radius 3 is 2.20 bits per heavy atom. The summed E-state index contributed by atoms with van der Waals surface area (Å²) < 4.78 is 5.65. The molecule has 0 aromatic heterocycles. The largest absolute Gasteiger partial charge is 0.396 e. The zero-order valence-electron chi connectivity index (χ0n) is 14.1. The van der Waals surface area contributed by atoms with Gasteiger partial charge in [0.25, 0.3) is 0 Å². The summed E-state index contributed by atoms with van der Waals surface area (Å²) in [5.74, 6) is 0.607. The number of rotatable bonds is 10. The lowest BCUT2D eigenvalue weighted by Crippen LogP contribution is -2.45. The Hall–Kier alpha value is -0.160. The molecule has 3 unspecified atom stereocenters. The monoisotopic (exact) mass is 289 g/mol.